The first-order chi connectivity index (χ1) is 14.3. The van der Waals surface area contributed by atoms with Crippen molar-refractivity contribution < 1.29 is 22.7 Å². The summed E-state index contributed by atoms with van der Waals surface area (Å²) in [5.41, 5.74) is 0.800. The van der Waals surface area contributed by atoms with Gasteiger partial charge in [-0.15, -0.1) is 0 Å². The van der Waals surface area contributed by atoms with E-state index in [1.807, 2.05) is 0 Å². The van der Waals surface area contributed by atoms with E-state index in [2.05, 4.69) is 5.32 Å². The van der Waals surface area contributed by atoms with Gasteiger partial charge < -0.3 is 10.1 Å². The molecule has 2 aromatic carbocycles. The summed E-state index contributed by atoms with van der Waals surface area (Å²) >= 11 is 5.85. The van der Waals surface area contributed by atoms with Crippen molar-refractivity contribution >= 4 is 39.2 Å². The lowest BCUT2D eigenvalue weighted by Gasteiger charge is -2.31. The molecule has 0 radical (unpaired) electrons. The van der Waals surface area contributed by atoms with Crippen LogP contribution in [-0.2, 0) is 19.6 Å². The zero-order valence-electron chi connectivity index (χ0n) is 16.5. The van der Waals surface area contributed by atoms with Crippen molar-refractivity contribution in [2.45, 2.75) is 24.7 Å². The lowest BCUT2D eigenvalue weighted by molar-refractivity contribution is -0.120. The van der Waals surface area contributed by atoms with Crippen LogP contribution >= 0.6 is 11.6 Å². The number of benzene rings is 2. The zero-order valence-corrected chi connectivity index (χ0v) is 18.1. The van der Waals surface area contributed by atoms with Gasteiger partial charge in [0.1, 0.15) is 0 Å². The van der Waals surface area contributed by atoms with E-state index in [-0.39, 0.29) is 24.0 Å². The van der Waals surface area contributed by atoms with Crippen LogP contribution in [0.1, 0.15) is 30.1 Å². The molecule has 9 heteroatoms. The highest BCUT2D eigenvalue weighted by Gasteiger charge is 2.33. The summed E-state index contributed by atoms with van der Waals surface area (Å²) in [5.74, 6) is -1.24. The fourth-order valence-corrected chi connectivity index (χ4v) is 4.96. The standard InChI is InChI=1S/C21H23ClN2O5S/c1-2-29-21(26)15-5-3-7-18(13-15)23-20(25)16-6-4-12-24(14-16)30(27,28)19-10-8-17(22)9-11-19/h3,5,7-11,13,16H,2,4,6,12,14H2,1H3,(H,23,25). The Kier molecular flexibility index (Phi) is 7.12. The van der Waals surface area contributed by atoms with E-state index in [0.717, 1.165) is 0 Å². The number of halogens is 1. The molecule has 1 saturated heterocycles. The number of sulfonamides is 1. The van der Waals surface area contributed by atoms with E-state index in [4.69, 9.17) is 16.3 Å². The average Bonchev–Trinajstić information content (AvgIpc) is 2.74. The van der Waals surface area contributed by atoms with Crippen molar-refractivity contribution in [3.63, 3.8) is 0 Å². The minimum Gasteiger partial charge on any atom is -0.462 e. The van der Waals surface area contributed by atoms with Crippen LogP contribution in [0, 0.1) is 5.92 Å². The molecule has 160 valence electrons. The molecule has 1 atom stereocenters. The number of nitrogens with zero attached hydrogens (tertiary/aromatic N) is 1. The van der Waals surface area contributed by atoms with Gasteiger partial charge in [-0.25, -0.2) is 13.2 Å². The number of hydrogen-bond acceptors (Lipinski definition) is 5. The molecule has 0 aromatic heterocycles. The van der Waals surface area contributed by atoms with Gasteiger partial charge in [-0.05, 0) is 62.2 Å². The molecule has 1 N–H and O–H groups in total. The van der Waals surface area contributed by atoms with Gasteiger partial charge in [0, 0.05) is 23.8 Å². The van der Waals surface area contributed by atoms with Crippen molar-refractivity contribution in [2.75, 3.05) is 25.0 Å². The molecule has 1 fully saturated rings. The van der Waals surface area contributed by atoms with Crippen molar-refractivity contribution in [3.05, 3.63) is 59.1 Å². The van der Waals surface area contributed by atoms with Gasteiger partial charge in [-0.1, -0.05) is 17.7 Å². The number of esters is 1. The van der Waals surface area contributed by atoms with Crippen LogP contribution in [0.2, 0.25) is 5.02 Å². The summed E-state index contributed by atoms with van der Waals surface area (Å²) in [4.78, 5) is 24.8. The summed E-state index contributed by atoms with van der Waals surface area (Å²) < 4.78 is 32.1. The van der Waals surface area contributed by atoms with E-state index >= 15 is 0 Å². The normalized spacial score (nSPS) is 17.3. The van der Waals surface area contributed by atoms with E-state index in [0.29, 0.717) is 35.7 Å². The van der Waals surface area contributed by atoms with Crippen LogP contribution in [-0.4, -0.2) is 44.3 Å². The quantitative estimate of drug-likeness (QED) is 0.679. The molecule has 0 bridgehead atoms. The van der Waals surface area contributed by atoms with Gasteiger partial charge in [-0.2, -0.15) is 4.31 Å². The summed E-state index contributed by atoms with van der Waals surface area (Å²) in [6.45, 7) is 2.42. The molecule has 7 nitrogen and oxygen atoms in total. The molecule has 2 aromatic rings. The highest BCUT2D eigenvalue weighted by molar-refractivity contribution is 7.89. The van der Waals surface area contributed by atoms with Gasteiger partial charge >= 0.3 is 5.97 Å². The van der Waals surface area contributed by atoms with E-state index < -0.39 is 21.9 Å². The Morgan fingerprint density at radius 3 is 2.63 bits per heavy atom. The number of piperidine rings is 1. The topological polar surface area (TPSA) is 92.8 Å². The highest BCUT2D eigenvalue weighted by atomic mass is 35.5. The molecular weight excluding hydrogens is 428 g/mol. The third-order valence-corrected chi connectivity index (χ3v) is 6.98. The number of carbonyl (C=O) groups is 2. The zero-order chi connectivity index (χ0) is 21.7. The SMILES string of the molecule is CCOC(=O)c1cccc(NC(=O)C2CCCN(S(=O)(=O)c3ccc(Cl)cc3)C2)c1. The number of carbonyl (C=O) groups excluding carboxylic acids is 2. The first-order valence-corrected chi connectivity index (χ1v) is 11.5. The largest absolute Gasteiger partial charge is 0.462 e. The van der Waals surface area contributed by atoms with Crippen LogP contribution in [0.25, 0.3) is 0 Å². The number of hydrogen-bond donors (Lipinski definition) is 1. The number of rotatable bonds is 6. The van der Waals surface area contributed by atoms with Crippen LogP contribution in [0.4, 0.5) is 5.69 Å². The summed E-state index contributed by atoms with van der Waals surface area (Å²) in [5, 5.41) is 3.24. The lowest BCUT2D eigenvalue weighted by atomic mass is 9.98. The Balaban J connectivity index is 1.69. The summed E-state index contributed by atoms with van der Waals surface area (Å²) in [7, 11) is -3.71. The predicted molar refractivity (Wildman–Crippen MR) is 114 cm³/mol. The van der Waals surface area contributed by atoms with Crippen molar-refractivity contribution in [2.24, 2.45) is 5.92 Å². The molecule has 30 heavy (non-hydrogen) atoms. The van der Waals surface area contributed by atoms with E-state index in [1.54, 1.807) is 31.2 Å². The molecular formula is C21H23ClN2O5S. The smallest absolute Gasteiger partial charge is 0.338 e. The van der Waals surface area contributed by atoms with Gasteiger partial charge in [-0.3, -0.25) is 4.79 Å². The number of anilines is 1. The van der Waals surface area contributed by atoms with Crippen molar-refractivity contribution in [3.8, 4) is 0 Å². The number of amides is 1. The molecule has 1 unspecified atom stereocenters. The second kappa shape index (κ2) is 9.59. The minimum absolute atomic E-state index is 0.0916. The number of nitrogens with one attached hydrogen (secondary N) is 1. The Hall–Kier alpha value is -2.42. The fourth-order valence-electron chi connectivity index (χ4n) is 3.31. The maximum Gasteiger partial charge on any atom is 0.338 e. The van der Waals surface area contributed by atoms with Crippen LogP contribution in [0.5, 0.6) is 0 Å². The first kappa shape index (κ1) is 22.3. The maximum absolute atomic E-state index is 12.9. The van der Waals surface area contributed by atoms with Gasteiger partial charge in [0.05, 0.1) is 23.0 Å². The highest BCUT2D eigenvalue weighted by Crippen LogP contribution is 2.26. The summed E-state index contributed by atoms with van der Waals surface area (Å²) in [6, 6.07) is 12.4. The molecule has 0 saturated carbocycles. The minimum atomic E-state index is -3.71. The lowest BCUT2D eigenvalue weighted by Crippen LogP contribution is -2.43. The van der Waals surface area contributed by atoms with Gasteiger partial charge in [0.15, 0.2) is 0 Å². The fraction of sp³-hybridized carbons (Fsp3) is 0.333. The van der Waals surface area contributed by atoms with Crippen LogP contribution < -0.4 is 5.32 Å². The average molecular weight is 451 g/mol. The van der Waals surface area contributed by atoms with E-state index in [1.165, 1.54) is 28.6 Å². The van der Waals surface area contributed by atoms with Crippen molar-refractivity contribution in [1.29, 1.82) is 0 Å². The molecule has 1 aliphatic rings. The molecule has 1 amide bonds. The number of ether oxygens (including phenoxy) is 1. The third-order valence-electron chi connectivity index (χ3n) is 4.85. The van der Waals surface area contributed by atoms with Gasteiger partial charge in [0.2, 0.25) is 15.9 Å². The van der Waals surface area contributed by atoms with Crippen LogP contribution in [0.15, 0.2) is 53.4 Å². The van der Waals surface area contributed by atoms with E-state index in [9.17, 15) is 18.0 Å². The maximum atomic E-state index is 12.9. The van der Waals surface area contributed by atoms with Crippen molar-refractivity contribution in [1.82, 2.24) is 4.31 Å². The monoisotopic (exact) mass is 450 g/mol. The second-order valence-electron chi connectivity index (χ2n) is 6.95. The third kappa shape index (κ3) is 5.19. The Bertz CT molecular complexity index is 1020. The first-order valence-electron chi connectivity index (χ1n) is 9.65. The molecule has 1 aliphatic heterocycles. The molecule has 0 aliphatic carbocycles. The van der Waals surface area contributed by atoms with Gasteiger partial charge in [0.25, 0.3) is 0 Å². The second-order valence-corrected chi connectivity index (χ2v) is 9.32. The molecule has 3 rings (SSSR count). The predicted octanol–water partition coefficient (Wildman–Crippen LogP) is 3.56. The Morgan fingerprint density at radius 2 is 1.93 bits per heavy atom. The molecule has 1 heterocycles. The Morgan fingerprint density at radius 1 is 1.20 bits per heavy atom. The summed E-state index contributed by atoms with van der Waals surface area (Å²) in [6.07, 6.45) is 1.16. The molecule has 0 spiro atoms. The Labute approximate surface area is 181 Å². The van der Waals surface area contributed by atoms with Crippen LogP contribution in [0.3, 0.4) is 0 Å².